The molecule has 2 atom stereocenters. The molecule has 4 heteroatoms. The normalized spacial score (nSPS) is 14.0. The number of aliphatic carboxylic acids is 1. The Labute approximate surface area is 140 Å². The summed E-state index contributed by atoms with van der Waals surface area (Å²) in [6.07, 6.45) is 2.38. The number of aliphatic hydroxyl groups is 1. The summed E-state index contributed by atoms with van der Waals surface area (Å²) in [6, 6.07) is 8.21. The molecule has 2 N–H and O–H groups in total. The molecule has 23 heavy (non-hydrogen) atoms. The Kier molecular flexibility index (Phi) is 8.89. The predicted octanol–water partition coefficient (Wildman–Crippen LogP) is 3.81. The number of carboxylic acids is 1. The quantitative estimate of drug-likeness (QED) is 0.650. The van der Waals surface area contributed by atoms with Crippen LogP contribution in [0.25, 0.3) is 0 Å². The van der Waals surface area contributed by atoms with Crippen LogP contribution in [0.2, 0.25) is 0 Å². The zero-order valence-electron chi connectivity index (χ0n) is 14.7. The number of hydrogen-bond donors (Lipinski definition) is 2. The van der Waals surface area contributed by atoms with Crippen LogP contribution in [-0.4, -0.2) is 40.7 Å². The maximum Gasteiger partial charge on any atom is 0.304 e. The van der Waals surface area contributed by atoms with E-state index in [1.54, 1.807) is 0 Å². The molecule has 2 unspecified atom stereocenters. The van der Waals surface area contributed by atoms with E-state index in [0.29, 0.717) is 18.9 Å². The molecule has 0 aliphatic heterocycles. The molecule has 0 bridgehead atoms. The minimum absolute atomic E-state index is 0.152. The molecule has 0 saturated heterocycles. The number of carboxylic acid groups (broad SMARTS) is 1. The Morgan fingerprint density at radius 2 is 1.70 bits per heavy atom. The summed E-state index contributed by atoms with van der Waals surface area (Å²) < 4.78 is 0. The second kappa shape index (κ2) is 10.4. The van der Waals surface area contributed by atoms with E-state index in [-0.39, 0.29) is 6.42 Å². The van der Waals surface area contributed by atoms with Gasteiger partial charge in [0.25, 0.3) is 0 Å². The van der Waals surface area contributed by atoms with Gasteiger partial charge in [-0.1, -0.05) is 45.0 Å². The van der Waals surface area contributed by atoms with Gasteiger partial charge in [-0.3, -0.25) is 4.79 Å². The van der Waals surface area contributed by atoms with Gasteiger partial charge >= 0.3 is 5.97 Å². The van der Waals surface area contributed by atoms with Crippen molar-refractivity contribution in [3.63, 3.8) is 0 Å². The highest BCUT2D eigenvalue weighted by Crippen LogP contribution is 2.23. The molecular weight excluding hydrogens is 290 g/mol. The second-order valence-electron chi connectivity index (χ2n) is 6.27. The van der Waals surface area contributed by atoms with E-state index in [1.165, 1.54) is 5.56 Å². The molecule has 1 aromatic rings. The van der Waals surface area contributed by atoms with E-state index < -0.39 is 12.1 Å². The summed E-state index contributed by atoms with van der Waals surface area (Å²) in [5.74, 6) is -0.232. The van der Waals surface area contributed by atoms with E-state index in [0.717, 1.165) is 31.5 Å². The minimum Gasteiger partial charge on any atom is -0.481 e. The van der Waals surface area contributed by atoms with Crippen molar-refractivity contribution in [2.24, 2.45) is 0 Å². The monoisotopic (exact) mass is 321 g/mol. The lowest BCUT2D eigenvalue weighted by molar-refractivity contribution is -0.137. The lowest BCUT2D eigenvalue weighted by Crippen LogP contribution is -2.29. The SMILES string of the molecule is CCCN(CCC(=O)O)CCC(O)c1ccc(C(C)CC)cc1. The highest BCUT2D eigenvalue weighted by Gasteiger charge is 2.12. The van der Waals surface area contributed by atoms with Crippen LogP contribution in [0.5, 0.6) is 0 Å². The highest BCUT2D eigenvalue weighted by molar-refractivity contribution is 5.66. The van der Waals surface area contributed by atoms with Crippen LogP contribution in [0.1, 0.15) is 69.6 Å². The first kappa shape index (κ1) is 19.7. The first-order valence-electron chi connectivity index (χ1n) is 8.69. The van der Waals surface area contributed by atoms with Gasteiger partial charge in [0.15, 0.2) is 0 Å². The van der Waals surface area contributed by atoms with Crippen molar-refractivity contribution in [2.45, 2.75) is 58.5 Å². The minimum atomic E-state index is -0.771. The van der Waals surface area contributed by atoms with Gasteiger partial charge in [-0.05, 0) is 42.9 Å². The van der Waals surface area contributed by atoms with E-state index in [9.17, 15) is 9.90 Å². The molecule has 0 radical (unpaired) electrons. The van der Waals surface area contributed by atoms with Crippen molar-refractivity contribution in [1.82, 2.24) is 4.90 Å². The fraction of sp³-hybridized carbons (Fsp3) is 0.632. The highest BCUT2D eigenvalue weighted by atomic mass is 16.4. The summed E-state index contributed by atoms with van der Waals surface area (Å²) in [7, 11) is 0. The first-order valence-corrected chi connectivity index (χ1v) is 8.69. The van der Waals surface area contributed by atoms with Crippen molar-refractivity contribution in [3.05, 3.63) is 35.4 Å². The number of aliphatic hydroxyl groups excluding tert-OH is 1. The molecule has 0 saturated carbocycles. The largest absolute Gasteiger partial charge is 0.481 e. The molecule has 4 nitrogen and oxygen atoms in total. The maximum absolute atomic E-state index is 10.7. The molecule has 0 fully saturated rings. The van der Waals surface area contributed by atoms with Crippen LogP contribution in [0.15, 0.2) is 24.3 Å². The topological polar surface area (TPSA) is 60.8 Å². The van der Waals surface area contributed by atoms with Crippen molar-refractivity contribution in [1.29, 1.82) is 0 Å². The predicted molar refractivity (Wildman–Crippen MR) is 93.7 cm³/mol. The average molecular weight is 321 g/mol. The molecule has 1 rings (SSSR count). The lowest BCUT2D eigenvalue weighted by Gasteiger charge is -2.22. The van der Waals surface area contributed by atoms with Gasteiger partial charge in [0.1, 0.15) is 0 Å². The maximum atomic E-state index is 10.7. The van der Waals surface area contributed by atoms with E-state index in [1.807, 2.05) is 12.1 Å². The van der Waals surface area contributed by atoms with Gasteiger partial charge in [0.2, 0.25) is 0 Å². The first-order chi connectivity index (χ1) is 11.0. The van der Waals surface area contributed by atoms with E-state index in [2.05, 4.69) is 37.8 Å². The molecule has 130 valence electrons. The summed E-state index contributed by atoms with van der Waals surface area (Å²) >= 11 is 0. The molecule has 0 aliphatic carbocycles. The van der Waals surface area contributed by atoms with Gasteiger partial charge in [0, 0.05) is 13.1 Å². The van der Waals surface area contributed by atoms with Crippen LogP contribution < -0.4 is 0 Å². The average Bonchev–Trinajstić information content (AvgIpc) is 2.56. The fourth-order valence-corrected chi connectivity index (χ4v) is 2.66. The molecule has 0 amide bonds. The third-order valence-corrected chi connectivity index (χ3v) is 4.40. The Hall–Kier alpha value is -1.39. The van der Waals surface area contributed by atoms with Gasteiger partial charge < -0.3 is 15.1 Å². The third-order valence-electron chi connectivity index (χ3n) is 4.40. The standard InChI is InChI=1S/C19H31NO3/c1-4-12-20(14-11-19(22)23)13-10-18(21)17-8-6-16(7-9-17)15(3)5-2/h6-9,15,18,21H,4-5,10-14H2,1-3H3,(H,22,23). The van der Waals surface area contributed by atoms with Gasteiger partial charge in [-0.15, -0.1) is 0 Å². The van der Waals surface area contributed by atoms with Crippen LogP contribution in [0.4, 0.5) is 0 Å². The van der Waals surface area contributed by atoms with Crippen molar-refractivity contribution in [3.8, 4) is 0 Å². The number of hydrogen-bond acceptors (Lipinski definition) is 3. The molecule has 0 spiro atoms. The Morgan fingerprint density at radius 1 is 1.09 bits per heavy atom. The third kappa shape index (κ3) is 7.14. The smallest absolute Gasteiger partial charge is 0.304 e. The molecule has 0 heterocycles. The zero-order chi connectivity index (χ0) is 17.2. The number of carbonyl (C=O) groups is 1. The molecule has 1 aromatic carbocycles. The second-order valence-corrected chi connectivity index (χ2v) is 6.27. The lowest BCUT2D eigenvalue weighted by atomic mass is 9.96. The fourth-order valence-electron chi connectivity index (χ4n) is 2.66. The van der Waals surface area contributed by atoms with Crippen molar-refractivity contribution < 1.29 is 15.0 Å². The molecule has 0 aromatic heterocycles. The Balaban J connectivity index is 2.53. The summed E-state index contributed by atoms with van der Waals surface area (Å²) in [4.78, 5) is 12.8. The van der Waals surface area contributed by atoms with E-state index >= 15 is 0 Å². The van der Waals surface area contributed by atoms with Crippen molar-refractivity contribution >= 4 is 5.97 Å². The summed E-state index contributed by atoms with van der Waals surface area (Å²) in [5, 5.41) is 19.2. The van der Waals surface area contributed by atoms with Crippen molar-refractivity contribution in [2.75, 3.05) is 19.6 Å². The Morgan fingerprint density at radius 3 is 2.22 bits per heavy atom. The van der Waals surface area contributed by atoms with Crippen LogP contribution >= 0.6 is 0 Å². The molecular formula is C19H31NO3. The molecule has 0 aliphatic rings. The van der Waals surface area contributed by atoms with Gasteiger partial charge in [-0.25, -0.2) is 0 Å². The van der Waals surface area contributed by atoms with Gasteiger partial charge in [-0.2, -0.15) is 0 Å². The summed E-state index contributed by atoms with van der Waals surface area (Å²) in [5.41, 5.74) is 2.24. The van der Waals surface area contributed by atoms with Crippen LogP contribution in [-0.2, 0) is 4.79 Å². The summed E-state index contributed by atoms with van der Waals surface area (Å²) in [6.45, 7) is 8.59. The van der Waals surface area contributed by atoms with Gasteiger partial charge in [0.05, 0.1) is 12.5 Å². The Bertz CT molecular complexity index is 458. The van der Waals surface area contributed by atoms with Crippen LogP contribution in [0.3, 0.4) is 0 Å². The van der Waals surface area contributed by atoms with Crippen LogP contribution in [0, 0.1) is 0 Å². The number of rotatable bonds is 11. The number of benzene rings is 1. The van der Waals surface area contributed by atoms with E-state index in [4.69, 9.17) is 5.11 Å². The number of nitrogens with zero attached hydrogens (tertiary/aromatic N) is 1. The zero-order valence-corrected chi connectivity index (χ0v) is 14.7.